The topological polar surface area (TPSA) is 110 Å². The van der Waals surface area contributed by atoms with Crippen molar-refractivity contribution in [2.45, 2.75) is 39.2 Å². The highest BCUT2D eigenvalue weighted by Crippen LogP contribution is 2.38. The van der Waals surface area contributed by atoms with Crippen LogP contribution in [0.2, 0.25) is 0 Å². The Morgan fingerprint density at radius 1 is 1.14 bits per heavy atom. The maximum Gasteiger partial charge on any atom is 0.410 e. The molecule has 0 saturated heterocycles. The monoisotopic (exact) mass is 310 g/mol. The number of primary amides is 1. The third-order valence-electron chi connectivity index (χ3n) is 4.02. The second-order valence-corrected chi connectivity index (χ2v) is 6.91. The fraction of sp³-hybridized carbons (Fsp3) is 0.667. The molecule has 0 bridgehead atoms. The predicted molar refractivity (Wildman–Crippen MR) is 77.9 cm³/mol. The number of amides is 2. The fourth-order valence-electron chi connectivity index (χ4n) is 2.99. The minimum absolute atomic E-state index is 0.261. The van der Waals surface area contributed by atoms with E-state index < -0.39 is 35.4 Å². The quantitative estimate of drug-likeness (QED) is 0.743. The van der Waals surface area contributed by atoms with Crippen LogP contribution in [0.15, 0.2) is 11.1 Å². The van der Waals surface area contributed by atoms with Crippen molar-refractivity contribution >= 4 is 18.0 Å². The Morgan fingerprint density at radius 2 is 1.64 bits per heavy atom. The molecule has 0 saturated carbocycles. The highest BCUT2D eigenvalue weighted by atomic mass is 16.6. The Kier molecular flexibility index (Phi) is 4.17. The van der Waals surface area contributed by atoms with E-state index in [0.717, 1.165) is 11.1 Å². The molecule has 2 unspecified atom stereocenters. The Bertz CT molecular complexity index is 513. The minimum Gasteiger partial charge on any atom is -0.481 e. The lowest BCUT2D eigenvalue weighted by atomic mass is 9.76. The molecule has 1 aliphatic carbocycles. The van der Waals surface area contributed by atoms with Crippen molar-refractivity contribution in [1.82, 2.24) is 4.90 Å². The number of carbonyl (C=O) groups is 3. The Labute approximate surface area is 129 Å². The van der Waals surface area contributed by atoms with Crippen molar-refractivity contribution in [1.29, 1.82) is 0 Å². The first-order valence-electron chi connectivity index (χ1n) is 7.28. The summed E-state index contributed by atoms with van der Waals surface area (Å²) in [6.07, 6.45) is 0.141. The molecular formula is C15H22N2O5. The second kappa shape index (κ2) is 5.62. The van der Waals surface area contributed by atoms with Crippen LogP contribution in [0.25, 0.3) is 0 Å². The van der Waals surface area contributed by atoms with E-state index in [9.17, 15) is 19.5 Å². The van der Waals surface area contributed by atoms with Crippen LogP contribution >= 0.6 is 0 Å². The van der Waals surface area contributed by atoms with E-state index in [4.69, 9.17) is 10.5 Å². The maximum atomic E-state index is 12.1. The molecule has 1 heterocycles. The van der Waals surface area contributed by atoms with Crippen molar-refractivity contribution in [2.75, 3.05) is 13.1 Å². The van der Waals surface area contributed by atoms with E-state index in [2.05, 4.69) is 0 Å². The molecule has 2 aliphatic rings. The molecule has 22 heavy (non-hydrogen) atoms. The summed E-state index contributed by atoms with van der Waals surface area (Å²) in [6, 6.07) is 0. The first kappa shape index (κ1) is 16.3. The number of nitrogens with two attached hydrogens (primary N) is 1. The van der Waals surface area contributed by atoms with Gasteiger partial charge in [-0.25, -0.2) is 4.79 Å². The van der Waals surface area contributed by atoms with Gasteiger partial charge in [0.25, 0.3) is 0 Å². The third-order valence-corrected chi connectivity index (χ3v) is 4.02. The normalized spacial score (nSPS) is 25.0. The third kappa shape index (κ3) is 3.40. The van der Waals surface area contributed by atoms with Crippen LogP contribution in [0, 0.1) is 11.8 Å². The molecule has 1 aliphatic heterocycles. The number of rotatable bonds is 2. The molecule has 0 aromatic rings. The number of nitrogens with zero attached hydrogens (tertiary/aromatic N) is 1. The number of carboxylic acids is 1. The lowest BCUT2D eigenvalue weighted by molar-refractivity contribution is -0.146. The van der Waals surface area contributed by atoms with Gasteiger partial charge in [0.2, 0.25) is 5.91 Å². The number of ether oxygens (including phenoxy) is 1. The number of carboxylic acid groups (broad SMARTS) is 1. The first-order chi connectivity index (χ1) is 10.1. The van der Waals surface area contributed by atoms with Gasteiger partial charge in [-0.2, -0.15) is 0 Å². The van der Waals surface area contributed by atoms with Crippen molar-refractivity contribution in [3.8, 4) is 0 Å². The molecule has 2 rings (SSSR count). The van der Waals surface area contributed by atoms with Crippen LogP contribution in [-0.2, 0) is 14.3 Å². The van der Waals surface area contributed by atoms with E-state index in [0.29, 0.717) is 19.5 Å². The number of carbonyl (C=O) groups excluding carboxylic acids is 2. The summed E-state index contributed by atoms with van der Waals surface area (Å²) >= 11 is 0. The van der Waals surface area contributed by atoms with E-state index in [1.807, 2.05) is 0 Å². The molecule has 0 spiro atoms. The maximum absolute atomic E-state index is 12.1. The average Bonchev–Trinajstić information content (AvgIpc) is 2.77. The molecule has 0 aromatic carbocycles. The number of hydrogen-bond acceptors (Lipinski definition) is 4. The molecule has 7 heteroatoms. The van der Waals surface area contributed by atoms with E-state index in [-0.39, 0.29) is 6.42 Å². The second-order valence-electron chi connectivity index (χ2n) is 6.91. The molecule has 0 aromatic heterocycles. The lowest BCUT2D eigenvalue weighted by Gasteiger charge is -2.27. The van der Waals surface area contributed by atoms with Crippen LogP contribution in [0.1, 0.15) is 33.6 Å². The predicted octanol–water partition coefficient (Wildman–Crippen LogP) is 1.13. The van der Waals surface area contributed by atoms with Crippen LogP contribution < -0.4 is 5.73 Å². The largest absolute Gasteiger partial charge is 0.481 e. The van der Waals surface area contributed by atoms with Gasteiger partial charge in [0.1, 0.15) is 5.60 Å². The Balaban J connectivity index is 2.09. The average molecular weight is 310 g/mol. The van der Waals surface area contributed by atoms with Crippen LogP contribution in [0.4, 0.5) is 4.79 Å². The van der Waals surface area contributed by atoms with Crippen molar-refractivity contribution in [3.05, 3.63) is 11.1 Å². The first-order valence-corrected chi connectivity index (χ1v) is 7.28. The zero-order valence-corrected chi connectivity index (χ0v) is 13.1. The molecule has 122 valence electrons. The van der Waals surface area contributed by atoms with Crippen molar-refractivity contribution < 1.29 is 24.2 Å². The summed E-state index contributed by atoms with van der Waals surface area (Å²) in [6.45, 7) is 6.10. The highest BCUT2D eigenvalue weighted by Gasteiger charge is 2.42. The van der Waals surface area contributed by atoms with Gasteiger partial charge in [0.05, 0.1) is 11.8 Å². The molecule has 3 N–H and O–H groups in total. The zero-order valence-electron chi connectivity index (χ0n) is 13.1. The Hall–Kier alpha value is -2.05. The number of aliphatic carboxylic acids is 1. The number of hydrogen-bond donors (Lipinski definition) is 2. The van der Waals surface area contributed by atoms with E-state index >= 15 is 0 Å². The smallest absolute Gasteiger partial charge is 0.410 e. The highest BCUT2D eigenvalue weighted by molar-refractivity contribution is 5.84. The van der Waals surface area contributed by atoms with E-state index in [1.54, 1.807) is 20.8 Å². The van der Waals surface area contributed by atoms with Crippen LogP contribution in [0.5, 0.6) is 0 Å². The molecule has 2 atom stereocenters. The summed E-state index contributed by atoms with van der Waals surface area (Å²) in [7, 11) is 0. The lowest BCUT2D eigenvalue weighted by Crippen LogP contribution is -2.37. The molecule has 0 radical (unpaired) electrons. The van der Waals surface area contributed by atoms with Crippen molar-refractivity contribution in [2.24, 2.45) is 17.6 Å². The van der Waals surface area contributed by atoms with Crippen molar-refractivity contribution in [3.63, 3.8) is 0 Å². The minimum atomic E-state index is -1.02. The molecule has 2 amide bonds. The van der Waals surface area contributed by atoms with E-state index in [1.165, 1.54) is 4.90 Å². The van der Waals surface area contributed by atoms with Gasteiger partial charge in [-0.05, 0) is 44.8 Å². The van der Waals surface area contributed by atoms with Gasteiger partial charge in [-0.1, -0.05) is 0 Å². The summed E-state index contributed by atoms with van der Waals surface area (Å²) in [5.41, 5.74) is 6.59. The van der Waals surface area contributed by atoms with Gasteiger partial charge in [-0.3, -0.25) is 9.59 Å². The summed E-state index contributed by atoms with van der Waals surface area (Å²) in [5, 5.41) is 9.27. The van der Waals surface area contributed by atoms with Gasteiger partial charge in [0.15, 0.2) is 0 Å². The molecule has 7 nitrogen and oxygen atoms in total. The van der Waals surface area contributed by atoms with Gasteiger partial charge < -0.3 is 20.5 Å². The zero-order chi connectivity index (χ0) is 16.7. The summed E-state index contributed by atoms with van der Waals surface area (Å²) < 4.78 is 5.33. The summed E-state index contributed by atoms with van der Waals surface area (Å²) in [4.78, 5) is 36.5. The Morgan fingerprint density at radius 3 is 2.05 bits per heavy atom. The summed E-state index contributed by atoms with van der Waals surface area (Å²) in [5.74, 6) is -3.15. The van der Waals surface area contributed by atoms with Gasteiger partial charge in [0, 0.05) is 13.1 Å². The fourth-order valence-corrected chi connectivity index (χ4v) is 2.99. The van der Waals surface area contributed by atoms with Gasteiger partial charge in [-0.15, -0.1) is 0 Å². The SMILES string of the molecule is CC(C)(C)OC(=O)N1CC2=C(CC(C(=O)O)C(C(N)=O)C2)C1. The van der Waals surface area contributed by atoms with Crippen LogP contribution in [-0.4, -0.2) is 46.7 Å². The van der Waals surface area contributed by atoms with Gasteiger partial charge >= 0.3 is 12.1 Å². The van der Waals surface area contributed by atoms with Crippen LogP contribution in [0.3, 0.4) is 0 Å². The molecular weight excluding hydrogens is 288 g/mol. The standard InChI is InChI=1S/C15H22N2O5/c1-15(2,3)22-14(21)17-6-8-4-10(12(16)18)11(13(19)20)5-9(8)7-17/h10-11H,4-7H2,1-3H3,(H2,16,18)(H,19,20). The molecule has 0 fully saturated rings.